The van der Waals surface area contributed by atoms with Crippen molar-refractivity contribution in [2.45, 2.75) is 13.5 Å². The van der Waals surface area contributed by atoms with E-state index >= 15 is 0 Å². The van der Waals surface area contributed by atoms with Crippen molar-refractivity contribution in [1.82, 2.24) is 9.78 Å². The molecule has 1 heterocycles. The van der Waals surface area contributed by atoms with Crippen LogP contribution in [0.4, 0.5) is 0 Å². The maximum Gasteiger partial charge on any atom is 0.249 e. The highest BCUT2D eigenvalue weighted by Gasteiger charge is 2.08. The smallest absolute Gasteiger partial charge is 0.249 e. The van der Waals surface area contributed by atoms with Crippen molar-refractivity contribution in [2.24, 2.45) is 5.73 Å². The van der Waals surface area contributed by atoms with Crippen LogP contribution < -0.4 is 5.73 Å². The number of aryl methyl sites for hydroxylation is 1. The van der Waals surface area contributed by atoms with Crippen LogP contribution in [0.2, 0.25) is 0 Å². The van der Waals surface area contributed by atoms with Gasteiger partial charge in [0.15, 0.2) is 0 Å². The number of hydrogen-bond acceptors (Lipinski definition) is 2. The van der Waals surface area contributed by atoms with Gasteiger partial charge in [-0.3, -0.25) is 9.48 Å². The van der Waals surface area contributed by atoms with Crippen LogP contribution in [0.3, 0.4) is 0 Å². The predicted molar refractivity (Wildman–Crippen MR) is 61.0 cm³/mol. The van der Waals surface area contributed by atoms with Crippen LogP contribution in [-0.2, 0) is 6.54 Å². The van der Waals surface area contributed by atoms with Crippen molar-refractivity contribution < 1.29 is 4.79 Å². The second-order valence-electron chi connectivity index (χ2n) is 3.65. The van der Waals surface area contributed by atoms with Crippen molar-refractivity contribution in [2.75, 3.05) is 0 Å². The van der Waals surface area contributed by atoms with E-state index in [-0.39, 0.29) is 0 Å². The summed E-state index contributed by atoms with van der Waals surface area (Å²) in [4.78, 5) is 11.2. The molecule has 0 bridgehead atoms. The Labute approximate surface area is 93.7 Å². The van der Waals surface area contributed by atoms with E-state index in [2.05, 4.69) is 5.10 Å². The molecule has 82 valence electrons. The highest BCUT2D eigenvalue weighted by atomic mass is 16.1. The first-order valence-corrected chi connectivity index (χ1v) is 5.04. The van der Waals surface area contributed by atoms with Crippen LogP contribution in [0, 0.1) is 6.92 Å². The third-order valence-electron chi connectivity index (χ3n) is 2.53. The summed E-state index contributed by atoms with van der Waals surface area (Å²) in [5.74, 6) is -0.402. The number of amides is 1. The van der Waals surface area contributed by atoms with Gasteiger partial charge < -0.3 is 5.73 Å². The fourth-order valence-corrected chi connectivity index (χ4v) is 1.62. The summed E-state index contributed by atoms with van der Waals surface area (Å²) in [6.45, 7) is 2.54. The quantitative estimate of drug-likeness (QED) is 0.839. The lowest BCUT2D eigenvalue weighted by atomic mass is 10.1. The van der Waals surface area contributed by atoms with Crippen LogP contribution in [-0.4, -0.2) is 15.7 Å². The summed E-state index contributed by atoms with van der Waals surface area (Å²) in [5, 5.41) is 4.18. The zero-order valence-electron chi connectivity index (χ0n) is 9.05. The summed E-state index contributed by atoms with van der Waals surface area (Å²) in [5.41, 5.74) is 7.81. The number of primary amides is 1. The molecule has 0 saturated carbocycles. The number of carbonyl (C=O) groups is 1. The average molecular weight is 215 g/mol. The molecule has 2 aromatic rings. The first-order valence-electron chi connectivity index (χ1n) is 5.04. The molecular formula is C12H13N3O. The zero-order chi connectivity index (χ0) is 11.5. The minimum atomic E-state index is -0.402. The number of benzene rings is 1. The van der Waals surface area contributed by atoms with Crippen molar-refractivity contribution in [3.05, 3.63) is 53.3 Å². The molecule has 1 aromatic heterocycles. The van der Waals surface area contributed by atoms with E-state index < -0.39 is 5.91 Å². The normalized spacial score (nSPS) is 10.3. The van der Waals surface area contributed by atoms with E-state index in [4.69, 9.17) is 5.73 Å². The molecule has 0 spiro atoms. The molecule has 1 amide bonds. The molecule has 4 heteroatoms. The zero-order valence-corrected chi connectivity index (χ0v) is 9.05. The maximum absolute atomic E-state index is 11.2. The fourth-order valence-electron chi connectivity index (χ4n) is 1.62. The number of rotatable bonds is 3. The van der Waals surface area contributed by atoms with Gasteiger partial charge in [0.05, 0.1) is 6.54 Å². The third-order valence-corrected chi connectivity index (χ3v) is 2.53. The SMILES string of the molecule is Cc1ccnn1Cc1ccccc1C(N)=O. The van der Waals surface area contributed by atoms with Crippen LogP contribution >= 0.6 is 0 Å². The molecule has 0 atom stereocenters. The number of nitrogens with two attached hydrogens (primary N) is 1. The molecule has 0 aliphatic rings. The molecular weight excluding hydrogens is 202 g/mol. The lowest BCUT2D eigenvalue weighted by Gasteiger charge is -2.08. The number of carbonyl (C=O) groups excluding carboxylic acids is 1. The predicted octanol–water partition coefficient (Wildman–Crippen LogP) is 1.34. The first kappa shape index (κ1) is 10.4. The Kier molecular flexibility index (Phi) is 2.72. The summed E-state index contributed by atoms with van der Waals surface area (Å²) in [6.07, 6.45) is 1.74. The van der Waals surface area contributed by atoms with Gasteiger partial charge in [-0.25, -0.2) is 0 Å². The monoisotopic (exact) mass is 215 g/mol. The van der Waals surface area contributed by atoms with Crippen molar-refractivity contribution in [3.63, 3.8) is 0 Å². The second kappa shape index (κ2) is 4.18. The largest absolute Gasteiger partial charge is 0.366 e. The Morgan fingerprint density at radius 1 is 1.38 bits per heavy atom. The van der Waals surface area contributed by atoms with E-state index in [0.29, 0.717) is 12.1 Å². The van der Waals surface area contributed by atoms with Crippen molar-refractivity contribution in [1.29, 1.82) is 0 Å². The van der Waals surface area contributed by atoms with Crippen molar-refractivity contribution >= 4 is 5.91 Å². The third kappa shape index (κ3) is 1.95. The molecule has 0 aliphatic heterocycles. The molecule has 0 radical (unpaired) electrons. The topological polar surface area (TPSA) is 60.9 Å². The van der Waals surface area contributed by atoms with E-state index in [1.807, 2.05) is 29.8 Å². The Hall–Kier alpha value is -2.10. The molecule has 1 aromatic carbocycles. The van der Waals surface area contributed by atoms with E-state index in [1.165, 1.54) is 0 Å². The molecule has 16 heavy (non-hydrogen) atoms. The van der Waals surface area contributed by atoms with Crippen LogP contribution in [0.25, 0.3) is 0 Å². The highest BCUT2D eigenvalue weighted by Crippen LogP contribution is 2.10. The van der Waals surface area contributed by atoms with Gasteiger partial charge >= 0.3 is 0 Å². The summed E-state index contributed by atoms with van der Waals surface area (Å²) < 4.78 is 1.84. The number of aromatic nitrogens is 2. The first-order chi connectivity index (χ1) is 7.68. The maximum atomic E-state index is 11.2. The Morgan fingerprint density at radius 2 is 2.12 bits per heavy atom. The molecule has 2 N–H and O–H groups in total. The Balaban J connectivity index is 2.35. The van der Waals surface area contributed by atoms with Gasteiger partial charge in [0.25, 0.3) is 0 Å². The average Bonchev–Trinajstić information content (AvgIpc) is 2.65. The highest BCUT2D eigenvalue weighted by molar-refractivity contribution is 5.94. The molecule has 2 rings (SSSR count). The van der Waals surface area contributed by atoms with Gasteiger partial charge in [-0.05, 0) is 24.6 Å². The summed E-state index contributed by atoms with van der Waals surface area (Å²) >= 11 is 0. The minimum Gasteiger partial charge on any atom is -0.366 e. The van der Waals surface area contributed by atoms with Crippen LogP contribution in [0.5, 0.6) is 0 Å². The van der Waals surface area contributed by atoms with E-state index in [0.717, 1.165) is 11.3 Å². The standard InChI is InChI=1S/C12H13N3O/c1-9-6-7-14-15(9)8-10-4-2-3-5-11(10)12(13)16/h2-7H,8H2,1H3,(H2,13,16). The summed E-state index contributed by atoms with van der Waals surface area (Å²) in [6, 6.07) is 9.24. The molecule has 4 nitrogen and oxygen atoms in total. The fraction of sp³-hybridized carbons (Fsp3) is 0.167. The lowest BCUT2D eigenvalue weighted by molar-refractivity contribution is 0.0999. The van der Waals surface area contributed by atoms with Gasteiger partial charge in [-0.1, -0.05) is 18.2 Å². The summed E-state index contributed by atoms with van der Waals surface area (Å²) in [7, 11) is 0. The molecule has 0 fully saturated rings. The van der Waals surface area contributed by atoms with E-state index in [1.54, 1.807) is 18.3 Å². The molecule has 0 saturated heterocycles. The van der Waals surface area contributed by atoms with Crippen molar-refractivity contribution in [3.8, 4) is 0 Å². The Morgan fingerprint density at radius 3 is 2.75 bits per heavy atom. The number of nitrogens with zero attached hydrogens (tertiary/aromatic N) is 2. The van der Waals surface area contributed by atoms with Gasteiger partial charge in [-0.15, -0.1) is 0 Å². The molecule has 0 unspecified atom stereocenters. The minimum absolute atomic E-state index is 0.402. The second-order valence-corrected chi connectivity index (χ2v) is 3.65. The van der Waals surface area contributed by atoms with Gasteiger partial charge in [-0.2, -0.15) is 5.10 Å². The van der Waals surface area contributed by atoms with Crippen LogP contribution in [0.1, 0.15) is 21.6 Å². The molecule has 0 aliphatic carbocycles. The van der Waals surface area contributed by atoms with E-state index in [9.17, 15) is 4.79 Å². The van der Waals surface area contributed by atoms with Gasteiger partial charge in [0, 0.05) is 17.5 Å². The van der Waals surface area contributed by atoms with Gasteiger partial charge in [0.2, 0.25) is 5.91 Å². The Bertz CT molecular complexity index is 516. The van der Waals surface area contributed by atoms with Gasteiger partial charge in [0.1, 0.15) is 0 Å². The lowest BCUT2D eigenvalue weighted by Crippen LogP contribution is -2.15. The number of hydrogen-bond donors (Lipinski definition) is 1. The van der Waals surface area contributed by atoms with Crippen LogP contribution in [0.15, 0.2) is 36.5 Å².